The van der Waals surface area contributed by atoms with Gasteiger partial charge in [0.2, 0.25) is 10.0 Å². The van der Waals surface area contributed by atoms with Crippen molar-refractivity contribution in [3.63, 3.8) is 0 Å². The van der Waals surface area contributed by atoms with Crippen molar-refractivity contribution in [2.45, 2.75) is 18.1 Å². The minimum absolute atomic E-state index is 0.00204. The van der Waals surface area contributed by atoms with Crippen LogP contribution in [0.15, 0.2) is 48.5 Å². The molecule has 0 spiro atoms. The van der Waals surface area contributed by atoms with Gasteiger partial charge in [-0.3, -0.25) is 0 Å². The van der Waals surface area contributed by atoms with E-state index in [4.69, 9.17) is 0 Å². The molecule has 5 nitrogen and oxygen atoms in total. The zero-order valence-electron chi connectivity index (χ0n) is 12.6. The molecule has 0 amide bonds. The van der Waals surface area contributed by atoms with E-state index in [1.165, 1.54) is 16.4 Å². The van der Waals surface area contributed by atoms with Crippen molar-refractivity contribution in [2.75, 3.05) is 13.1 Å². The van der Waals surface area contributed by atoms with Crippen LogP contribution in [0.4, 0.5) is 0 Å². The first-order valence-corrected chi connectivity index (χ1v) is 9.10. The fraction of sp³-hybridized carbons (Fsp3) is 0.294. The highest BCUT2D eigenvalue weighted by Crippen LogP contribution is 2.36. The van der Waals surface area contributed by atoms with E-state index in [1.54, 1.807) is 18.2 Å². The van der Waals surface area contributed by atoms with Gasteiger partial charge in [-0.1, -0.05) is 36.4 Å². The molecule has 1 unspecified atom stereocenters. The third kappa shape index (κ3) is 3.48. The number of hydrogen-bond donors (Lipinski definition) is 2. The molecule has 1 aliphatic rings. The van der Waals surface area contributed by atoms with Gasteiger partial charge < -0.3 is 10.2 Å². The van der Waals surface area contributed by atoms with Gasteiger partial charge in [0, 0.05) is 25.1 Å². The first-order valence-electron chi connectivity index (χ1n) is 7.49. The normalized spacial score (nSPS) is 19.0. The number of nitrogens with zero attached hydrogens (tertiary/aromatic N) is 1. The quantitative estimate of drug-likeness (QED) is 0.901. The summed E-state index contributed by atoms with van der Waals surface area (Å²) in [5.41, 5.74) is 1.45. The van der Waals surface area contributed by atoms with Crippen LogP contribution in [0.3, 0.4) is 0 Å². The highest BCUT2D eigenvalue weighted by atomic mass is 32.2. The fourth-order valence-electron chi connectivity index (χ4n) is 2.99. The predicted octanol–water partition coefficient (Wildman–Crippen LogP) is 2.42. The topological polar surface area (TPSA) is 77.8 Å². The summed E-state index contributed by atoms with van der Waals surface area (Å²) < 4.78 is 26.6. The number of aromatic hydroxyl groups is 2. The van der Waals surface area contributed by atoms with Crippen molar-refractivity contribution >= 4 is 10.0 Å². The number of phenolic OH excluding ortho intramolecular Hbond substituents is 2. The Morgan fingerprint density at radius 2 is 1.83 bits per heavy atom. The molecule has 1 fully saturated rings. The zero-order valence-corrected chi connectivity index (χ0v) is 13.4. The van der Waals surface area contributed by atoms with Gasteiger partial charge in [-0.2, -0.15) is 0 Å². The molecule has 6 heteroatoms. The number of benzene rings is 2. The Kier molecular flexibility index (Phi) is 4.28. The molecule has 0 aliphatic carbocycles. The Labute approximate surface area is 135 Å². The second-order valence-corrected chi connectivity index (χ2v) is 7.80. The molecule has 2 aromatic carbocycles. The van der Waals surface area contributed by atoms with Crippen molar-refractivity contribution < 1.29 is 18.6 Å². The van der Waals surface area contributed by atoms with Crippen molar-refractivity contribution in [3.05, 3.63) is 59.7 Å². The van der Waals surface area contributed by atoms with Gasteiger partial charge in [0.1, 0.15) is 11.5 Å². The first kappa shape index (κ1) is 15.8. The molecule has 1 saturated heterocycles. The Hall–Kier alpha value is -2.05. The van der Waals surface area contributed by atoms with Crippen LogP contribution in [-0.4, -0.2) is 36.0 Å². The molecule has 1 aliphatic heterocycles. The van der Waals surface area contributed by atoms with Crippen LogP contribution in [0.2, 0.25) is 0 Å². The summed E-state index contributed by atoms with van der Waals surface area (Å²) in [6.45, 7) is 0.799. The fourth-order valence-corrected chi connectivity index (χ4v) is 4.58. The van der Waals surface area contributed by atoms with E-state index in [2.05, 4.69) is 0 Å². The Bertz CT molecular complexity index is 789. The molecule has 122 valence electrons. The van der Waals surface area contributed by atoms with Gasteiger partial charge in [-0.05, 0) is 23.6 Å². The van der Waals surface area contributed by atoms with E-state index in [0.29, 0.717) is 25.1 Å². The van der Waals surface area contributed by atoms with Crippen LogP contribution in [0.25, 0.3) is 0 Å². The highest BCUT2D eigenvalue weighted by molar-refractivity contribution is 7.88. The van der Waals surface area contributed by atoms with Crippen LogP contribution in [0.1, 0.15) is 23.5 Å². The first-order chi connectivity index (χ1) is 11.0. The lowest BCUT2D eigenvalue weighted by molar-refractivity contribution is 0.438. The lowest BCUT2D eigenvalue weighted by Crippen LogP contribution is -2.29. The zero-order chi connectivity index (χ0) is 16.4. The van der Waals surface area contributed by atoms with E-state index in [9.17, 15) is 18.6 Å². The Morgan fingerprint density at radius 1 is 1.09 bits per heavy atom. The van der Waals surface area contributed by atoms with Crippen LogP contribution >= 0.6 is 0 Å². The Balaban J connectivity index is 1.74. The minimum Gasteiger partial charge on any atom is -0.508 e. The summed E-state index contributed by atoms with van der Waals surface area (Å²) in [7, 11) is -3.37. The average molecular weight is 333 g/mol. The summed E-state index contributed by atoms with van der Waals surface area (Å²) in [6.07, 6.45) is 0.659. The smallest absolute Gasteiger partial charge is 0.218 e. The molecule has 0 radical (unpaired) electrons. The SMILES string of the molecule is O=S(=O)(Cc1ccccc1)N1CCC(c2ccc(O)cc2O)C1. The molecule has 2 aromatic rings. The largest absolute Gasteiger partial charge is 0.508 e. The van der Waals surface area contributed by atoms with Gasteiger partial charge >= 0.3 is 0 Å². The van der Waals surface area contributed by atoms with Crippen LogP contribution < -0.4 is 0 Å². The minimum atomic E-state index is -3.37. The maximum absolute atomic E-state index is 12.5. The predicted molar refractivity (Wildman–Crippen MR) is 87.8 cm³/mol. The summed E-state index contributed by atoms with van der Waals surface area (Å²) in [6, 6.07) is 13.6. The third-order valence-corrected chi connectivity index (χ3v) is 6.01. The van der Waals surface area contributed by atoms with Gasteiger partial charge in [0.15, 0.2) is 0 Å². The highest BCUT2D eigenvalue weighted by Gasteiger charge is 2.33. The molecular weight excluding hydrogens is 314 g/mol. The molecule has 0 saturated carbocycles. The van der Waals surface area contributed by atoms with Crippen molar-refractivity contribution in [2.24, 2.45) is 0 Å². The second-order valence-electron chi connectivity index (χ2n) is 5.83. The lowest BCUT2D eigenvalue weighted by atomic mass is 9.97. The summed E-state index contributed by atoms with van der Waals surface area (Å²) in [5.74, 6) is -0.0569. The van der Waals surface area contributed by atoms with Gasteiger partial charge in [0.05, 0.1) is 5.75 Å². The number of phenols is 2. The van der Waals surface area contributed by atoms with Crippen molar-refractivity contribution in [1.29, 1.82) is 0 Å². The monoisotopic (exact) mass is 333 g/mol. The van der Waals surface area contributed by atoms with Gasteiger partial charge in [-0.25, -0.2) is 12.7 Å². The maximum atomic E-state index is 12.5. The lowest BCUT2D eigenvalue weighted by Gasteiger charge is -2.17. The number of hydrogen-bond acceptors (Lipinski definition) is 4. The van der Waals surface area contributed by atoms with E-state index < -0.39 is 10.0 Å². The molecule has 23 heavy (non-hydrogen) atoms. The molecule has 3 rings (SSSR count). The average Bonchev–Trinajstić information content (AvgIpc) is 2.98. The van der Waals surface area contributed by atoms with Gasteiger partial charge in [0.25, 0.3) is 0 Å². The summed E-state index contributed by atoms with van der Waals surface area (Å²) >= 11 is 0. The molecule has 1 heterocycles. The number of rotatable bonds is 4. The molecule has 0 aromatic heterocycles. The molecule has 1 atom stereocenters. The van der Waals surface area contributed by atoms with E-state index in [0.717, 1.165) is 5.56 Å². The van der Waals surface area contributed by atoms with Crippen molar-refractivity contribution in [3.8, 4) is 11.5 Å². The van der Waals surface area contributed by atoms with E-state index >= 15 is 0 Å². The molecule has 0 bridgehead atoms. The summed E-state index contributed by atoms with van der Waals surface area (Å²) in [5, 5.41) is 19.3. The van der Waals surface area contributed by atoms with Gasteiger partial charge in [-0.15, -0.1) is 0 Å². The van der Waals surface area contributed by atoms with E-state index in [-0.39, 0.29) is 23.2 Å². The molecule has 2 N–H and O–H groups in total. The standard InChI is InChI=1S/C17H19NO4S/c19-15-6-7-16(17(20)10-15)14-8-9-18(11-14)23(21,22)12-13-4-2-1-3-5-13/h1-7,10,14,19-20H,8-9,11-12H2. The molecular formula is C17H19NO4S. The number of sulfonamides is 1. The van der Waals surface area contributed by atoms with Crippen LogP contribution in [-0.2, 0) is 15.8 Å². The van der Waals surface area contributed by atoms with E-state index in [1.807, 2.05) is 18.2 Å². The van der Waals surface area contributed by atoms with Crippen LogP contribution in [0.5, 0.6) is 11.5 Å². The Morgan fingerprint density at radius 3 is 2.52 bits per heavy atom. The second kappa shape index (κ2) is 6.22. The van der Waals surface area contributed by atoms with Crippen LogP contribution in [0, 0.1) is 0 Å². The third-order valence-electron chi connectivity index (χ3n) is 4.19. The maximum Gasteiger partial charge on any atom is 0.218 e. The summed E-state index contributed by atoms with van der Waals surface area (Å²) in [4.78, 5) is 0. The van der Waals surface area contributed by atoms with Crippen molar-refractivity contribution in [1.82, 2.24) is 4.31 Å².